The van der Waals surface area contributed by atoms with Crippen LogP contribution in [-0.2, 0) is 19.0 Å². The highest BCUT2D eigenvalue weighted by atomic mass is 32.1. The largest absolute Gasteiger partial charge is 0.484 e. The Bertz CT molecular complexity index is 315. The number of ether oxygens (including phenoxy) is 3. The Morgan fingerprint density at radius 3 is 1.84 bits per heavy atom. The fraction of sp³-hybridized carbons (Fsp3) is 0.900. The molecule has 0 aromatic heterocycles. The number of hydrogen-bond donors (Lipinski definition) is 0. The van der Waals surface area contributed by atoms with Crippen LogP contribution in [0.25, 0.3) is 0 Å². The Morgan fingerprint density at radius 1 is 0.840 bits per heavy atom. The van der Waals surface area contributed by atoms with E-state index in [0.717, 1.165) is 19.3 Å². The quantitative estimate of drug-likeness (QED) is 0.270. The summed E-state index contributed by atoms with van der Waals surface area (Å²) >= 11 is 5.16. The maximum absolute atomic E-state index is 11.7. The predicted molar refractivity (Wildman–Crippen MR) is 107 cm³/mol. The van der Waals surface area contributed by atoms with Crippen molar-refractivity contribution < 1.29 is 19.0 Å². The molecule has 0 N–H and O–H groups in total. The van der Waals surface area contributed by atoms with Crippen LogP contribution in [0.1, 0.15) is 79.1 Å². The molecule has 0 aromatic rings. The van der Waals surface area contributed by atoms with Gasteiger partial charge in [0.05, 0.1) is 13.2 Å². The molecule has 0 fully saturated rings. The molecule has 0 amide bonds. The zero-order chi connectivity index (χ0) is 18.9. The summed E-state index contributed by atoms with van der Waals surface area (Å²) in [6.45, 7) is 9.88. The van der Waals surface area contributed by atoms with Crippen LogP contribution in [-0.4, -0.2) is 37.4 Å². The van der Waals surface area contributed by atoms with E-state index in [1.54, 1.807) is 0 Å². The predicted octanol–water partition coefficient (Wildman–Crippen LogP) is 5.32. The van der Waals surface area contributed by atoms with Crippen molar-refractivity contribution in [3.05, 3.63) is 0 Å². The summed E-state index contributed by atoms with van der Waals surface area (Å²) in [6, 6.07) is 0. The average Bonchev–Trinajstić information content (AvgIpc) is 2.62. The third-order valence-corrected chi connectivity index (χ3v) is 4.72. The molecule has 0 aliphatic heterocycles. The summed E-state index contributed by atoms with van der Waals surface area (Å²) in [6.07, 6.45) is 9.15. The lowest BCUT2D eigenvalue weighted by Crippen LogP contribution is -2.21. The van der Waals surface area contributed by atoms with Gasteiger partial charge < -0.3 is 14.2 Å². The Balaban J connectivity index is 3.79. The molecular formula is C20H38O4S. The molecule has 0 heterocycles. The van der Waals surface area contributed by atoms with Gasteiger partial charge in [-0.15, -0.1) is 0 Å². The van der Waals surface area contributed by atoms with E-state index in [1.807, 2.05) is 0 Å². The summed E-state index contributed by atoms with van der Waals surface area (Å²) in [7, 11) is 0. The van der Waals surface area contributed by atoms with Crippen LogP contribution in [0.4, 0.5) is 0 Å². The minimum absolute atomic E-state index is 0.0687. The van der Waals surface area contributed by atoms with E-state index in [9.17, 15) is 4.79 Å². The standard InChI is InChI=1S/C20H38O4S/c1-5-9-11-17(7-3)13-23-19(21)15-22-16-20(25)24-14-18(8-4)12-10-6-2/h17-18H,5-16H2,1-4H3. The number of thiocarbonyl (C=S) groups is 1. The van der Waals surface area contributed by atoms with Crippen molar-refractivity contribution in [3.8, 4) is 0 Å². The van der Waals surface area contributed by atoms with Crippen LogP contribution in [0.15, 0.2) is 0 Å². The monoisotopic (exact) mass is 374 g/mol. The minimum Gasteiger partial charge on any atom is -0.484 e. The fourth-order valence-corrected chi connectivity index (χ4v) is 2.67. The van der Waals surface area contributed by atoms with Crippen LogP contribution in [0, 0.1) is 11.8 Å². The second kappa shape index (κ2) is 16.8. The van der Waals surface area contributed by atoms with Gasteiger partial charge in [0.1, 0.15) is 13.2 Å². The zero-order valence-electron chi connectivity index (χ0n) is 16.7. The second-order valence-electron chi connectivity index (χ2n) is 6.69. The second-order valence-corrected chi connectivity index (χ2v) is 7.15. The number of hydrogen-bond acceptors (Lipinski definition) is 5. The lowest BCUT2D eigenvalue weighted by Gasteiger charge is -2.16. The van der Waals surface area contributed by atoms with Gasteiger partial charge in [-0.2, -0.15) is 0 Å². The van der Waals surface area contributed by atoms with E-state index in [4.69, 9.17) is 26.4 Å². The zero-order valence-corrected chi connectivity index (χ0v) is 17.5. The molecule has 148 valence electrons. The van der Waals surface area contributed by atoms with Gasteiger partial charge in [-0.25, -0.2) is 4.79 Å². The number of unbranched alkanes of at least 4 members (excludes halogenated alkanes) is 2. The Morgan fingerprint density at radius 2 is 1.36 bits per heavy atom. The van der Waals surface area contributed by atoms with E-state index in [-0.39, 0.29) is 19.2 Å². The lowest BCUT2D eigenvalue weighted by atomic mass is 10.0. The van der Waals surface area contributed by atoms with E-state index >= 15 is 0 Å². The number of rotatable bonds is 16. The van der Waals surface area contributed by atoms with Crippen molar-refractivity contribution in [3.63, 3.8) is 0 Å². The first-order valence-electron chi connectivity index (χ1n) is 9.96. The van der Waals surface area contributed by atoms with E-state index in [0.29, 0.717) is 30.1 Å². The fourth-order valence-electron chi connectivity index (χ4n) is 2.52. The Kier molecular flexibility index (Phi) is 16.3. The normalized spacial score (nSPS) is 13.3. The van der Waals surface area contributed by atoms with Gasteiger partial charge in [0.2, 0.25) is 0 Å². The molecule has 0 aromatic carbocycles. The van der Waals surface area contributed by atoms with Gasteiger partial charge in [0.15, 0.2) is 5.05 Å². The van der Waals surface area contributed by atoms with Crippen LogP contribution in [0.2, 0.25) is 0 Å². The van der Waals surface area contributed by atoms with Gasteiger partial charge in [0.25, 0.3) is 0 Å². The minimum atomic E-state index is -0.327. The van der Waals surface area contributed by atoms with Gasteiger partial charge in [0, 0.05) is 0 Å². The first kappa shape index (κ1) is 24.3. The maximum atomic E-state index is 11.7. The topological polar surface area (TPSA) is 44.8 Å². The smallest absolute Gasteiger partial charge is 0.332 e. The maximum Gasteiger partial charge on any atom is 0.332 e. The van der Waals surface area contributed by atoms with Crippen molar-refractivity contribution in [1.29, 1.82) is 0 Å². The van der Waals surface area contributed by atoms with Crippen molar-refractivity contribution in [2.45, 2.75) is 79.1 Å². The van der Waals surface area contributed by atoms with Crippen molar-refractivity contribution in [2.24, 2.45) is 11.8 Å². The summed E-state index contributed by atoms with van der Waals surface area (Å²) < 4.78 is 16.2. The molecule has 4 nitrogen and oxygen atoms in total. The molecule has 25 heavy (non-hydrogen) atoms. The van der Waals surface area contributed by atoms with E-state index in [2.05, 4.69) is 27.7 Å². The van der Waals surface area contributed by atoms with Gasteiger partial charge in [-0.1, -0.05) is 66.2 Å². The summed E-state index contributed by atoms with van der Waals surface area (Å²) in [5.74, 6) is 0.659. The molecule has 0 saturated carbocycles. The van der Waals surface area contributed by atoms with Crippen LogP contribution < -0.4 is 0 Å². The molecule has 0 radical (unpaired) electrons. The van der Waals surface area contributed by atoms with Crippen molar-refractivity contribution in [1.82, 2.24) is 0 Å². The number of esters is 1. The molecule has 0 bridgehead atoms. The summed E-state index contributed by atoms with van der Waals surface area (Å²) in [5.41, 5.74) is 0. The first-order chi connectivity index (χ1) is 12.1. The van der Waals surface area contributed by atoms with Crippen LogP contribution >= 0.6 is 12.2 Å². The van der Waals surface area contributed by atoms with Gasteiger partial charge in [-0.3, -0.25) is 0 Å². The van der Waals surface area contributed by atoms with E-state index < -0.39 is 0 Å². The molecule has 5 heteroatoms. The highest BCUT2D eigenvalue weighted by Gasteiger charge is 2.11. The Labute approximate surface area is 160 Å². The molecule has 0 rings (SSSR count). The third kappa shape index (κ3) is 14.2. The van der Waals surface area contributed by atoms with Gasteiger partial charge in [-0.05, 0) is 36.9 Å². The summed E-state index contributed by atoms with van der Waals surface area (Å²) in [5, 5.41) is 0.414. The first-order valence-corrected chi connectivity index (χ1v) is 10.4. The molecule has 0 aliphatic rings. The van der Waals surface area contributed by atoms with E-state index in [1.165, 1.54) is 32.1 Å². The molecule has 2 atom stereocenters. The molecule has 2 unspecified atom stereocenters. The molecule has 0 spiro atoms. The number of carbonyl (C=O) groups excluding carboxylic acids is 1. The van der Waals surface area contributed by atoms with Gasteiger partial charge >= 0.3 is 5.97 Å². The van der Waals surface area contributed by atoms with Crippen molar-refractivity contribution in [2.75, 3.05) is 26.4 Å². The summed E-state index contributed by atoms with van der Waals surface area (Å²) in [4.78, 5) is 11.7. The molecule has 0 saturated heterocycles. The van der Waals surface area contributed by atoms with Crippen LogP contribution in [0.3, 0.4) is 0 Å². The number of carbonyl (C=O) groups is 1. The third-order valence-electron chi connectivity index (χ3n) is 4.49. The highest BCUT2D eigenvalue weighted by molar-refractivity contribution is 7.80. The average molecular weight is 375 g/mol. The van der Waals surface area contributed by atoms with Crippen LogP contribution in [0.5, 0.6) is 0 Å². The highest BCUT2D eigenvalue weighted by Crippen LogP contribution is 2.14. The molecule has 0 aliphatic carbocycles. The molecular weight excluding hydrogens is 336 g/mol. The Hall–Kier alpha value is -0.680. The SMILES string of the molecule is CCCCC(CC)COC(=O)COCC(=S)OCC(CC)CCCC. The van der Waals surface area contributed by atoms with Crippen molar-refractivity contribution >= 4 is 23.2 Å². The lowest BCUT2D eigenvalue weighted by molar-refractivity contribution is -0.149.